The van der Waals surface area contributed by atoms with Crippen LogP contribution < -0.4 is 10.2 Å². The van der Waals surface area contributed by atoms with Gasteiger partial charge in [0, 0.05) is 39.4 Å². The van der Waals surface area contributed by atoms with E-state index in [9.17, 15) is 4.39 Å². The zero-order valence-corrected chi connectivity index (χ0v) is 16.3. The van der Waals surface area contributed by atoms with Crippen LogP contribution >= 0.6 is 0 Å². The third kappa shape index (κ3) is 3.58. The van der Waals surface area contributed by atoms with Crippen molar-refractivity contribution >= 4 is 5.82 Å². The first-order valence-electron chi connectivity index (χ1n) is 9.59. The molecule has 0 aliphatic carbocycles. The Labute approximate surface area is 155 Å². The van der Waals surface area contributed by atoms with Gasteiger partial charge < -0.3 is 19.7 Å². The second-order valence-corrected chi connectivity index (χ2v) is 7.24. The quantitative estimate of drug-likeness (QED) is 0.747. The van der Waals surface area contributed by atoms with E-state index in [0.717, 1.165) is 32.6 Å². The summed E-state index contributed by atoms with van der Waals surface area (Å²) in [6.07, 6.45) is 0.479. The highest BCUT2D eigenvalue weighted by atomic mass is 19.1. The van der Waals surface area contributed by atoms with Crippen molar-refractivity contribution in [2.75, 3.05) is 51.3 Å². The predicted molar refractivity (Wildman–Crippen MR) is 99.8 cm³/mol. The molecule has 2 atom stereocenters. The van der Waals surface area contributed by atoms with Gasteiger partial charge in [-0.25, -0.2) is 9.37 Å². The molecule has 1 aromatic rings. The molecule has 26 heavy (non-hydrogen) atoms. The van der Waals surface area contributed by atoms with Gasteiger partial charge in [0.1, 0.15) is 0 Å². The zero-order chi connectivity index (χ0) is 18.7. The lowest BCUT2D eigenvalue weighted by Gasteiger charge is -2.56. The first-order chi connectivity index (χ1) is 12.5. The smallest absolute Gasteiger partial charge is 0.201 e. The van der Waals surface area contributed by atoms with Crippen LogP contribution in [0.25, 0.3) is 0 Å². The summed E-state index contributed by atoms with van der Waals surface area (Å²) in [6.45, 7) is 10.8. The van der Waals surface area contributed by atoms with Gasteiger partial charge in [-0.05, 0) is 46.4 Å². The van der Waals surface area contributed by atoms with Gasteiger partial charge >= 0.3 is 0 Å². The number of ether oxygens (including phenoxy) is 2. The van der Waals surface area contributed by atoms with Crippen molar-refractivity contribution in [1.82, 2.24) is 15.2 Å². The van der Waals surface area contributed by atoms with Crippen LogP contribution in [0.15, 0.2) is 12.1 Å². The fraction of sp³-hybridized carbons (Fsp3) is 0.737. The highest BCUT2D eigenvalue weighted by Crippen LogP contribution is 2.37. The van der Waals surface area contributed by atoms with E-state index in [2.05, 4.69) is 34.1 Å². The van der Waals surface area contributed by atoms with Crippen molar-refractivity contribution in [1.29, 1.82) is 0 Å². The van der Waals surface area contributed by atoms with E-state index in [0.29, 0.717) is 24.7 Å². The van der Waals surface area contributed by atoms with Crippen LogP contribution in [0, 0.1) is 5.82 Å². The predicted octanol–water partition coefficient (Wildman–Crippen LogP) is 2.16. The van der Waals surface area contributed by atoms with Crippen LogP contribution in [-0.2, 0) is 9.47 Å². The van der Waals surface area contributed by atoms with Gasteiger partial charge in [0.15, 0.2) is 11.6 Å². The number of likely N-dealkylation sites (N-methyl/N-ethyl adjacent to an activating group) is 1. The van der Waals surface area contributed by atoms with Crippen molar-refractivity contribution in [3.05, 3.63) is 23.6 Å². The zero-order valence-electron chi connectivity index (χ0n) is 16.3. The molecule has 3 rings (SSSR count). The number of pyridine rings is 1. The number of halogens is 1. The summed E-state index contributed by atoms with van der Waals surface area (Å²) >= 11 is 0. The minimum Gasteiger partial charge on any atom is -0.349 e. The van der Waals surface area contributed by atoms with Gasteiger partial charge in [0.2, 0.25) is 6.29 Å². The summed E-state index contributed by atoms with van der Waals surface area (Å²) in [5.74, 6) is 0.114. The average molecular weight is 366 g/mol. The molecule has 2 fully saturated rings. The maximum atomic E-state index is 14.6. The molecule has 0 radical (unpaired) electrons. The Hall–Kier alpha value is -1.28. The molecule has 0 aromatic carbocycles. The molecule has 1 unspecified atom stereocenters. The van der Waals surface area contributed by atoms with E-state index < -0.39 is 6.29 Å². The van der Waals surface area contributed by atoms with E-state index in [1.165, 1.54) is 6.07 Å². The molecule has 0 bridgehead atoms. The molecule has 0 saturated carbocycles. The van der Waals surface area contributed by atoms with Crippen LogP contribution in [0.4, 0.5) is 10.2 Å². The molecule has 0 spiro atoms. The lowest BCUT2D eigenvalue weighted by atomic mass is 9.80. The highest BCUT2D eigenvalue weighted by molar-refractivity contribution is 5.47. The molecule has 2 saturated heterocycles. The number of rotatable bonds is 7. The Morgan fingerprint density at radius 1 is 1.31 bits per heavy atom. The average Bonchev–Trinajstić information content (AvgIpc) is 2.58. The van der Waals surface area contributed by atoms with E-state index in [1.54, 1.807) is 6.07 Å². The SMILES string of the molecule is CCOC(OCC)c1ccc(F)c(N2CCC2[C@@]2(C)CNCCN2C)n1. The molecule has 0 amide bonds. The molecule has 2 aliphatic heterocycles. The Morgan fingerprint density at radius 3 is 2.62 bits per heavy atom. The lowest BCUT2D eigenvalue weighted by Crippen LogP contribution is -2.72. The summed E-state index contributed by atoms with van der Waals surface area (Å²) in [5, 5.41) is 3.48. The minimum atomic E-state index is -0.557. The van der Waals surface area contributed by atoms with E-state index >= 15 is 0 Å². The molecule has 7 heteroatoms. The number of hydrogen-bond acceptors (Lipinski definition) is 6. The van der Waals surface area contributed by atoms with Crippen LogP contribution in [0.5, 0.6) is 0 Å². The van der Waals surface area contributed by atoms with E-state index in [1.807, 2.05) is 13.8 Å². The Morgan fingerprint density at radius 2 is 2.04 bits per heavy atom. The van der Waals surface area contributed by atoms with Crippen LogP contribution in [0.2, 0.25) is 0 Å². The van der Waals surface area contributed by atoms with E-state index in [4.69, 9.17) is 9.47 Å². The van der Waals surface area contributed by atoms with Gasteiger partial charge in [-0.15, -0.1) is 0 Å². The molecular formula is C19H31FN4O2. The summed E-state index contributed by atoms with van der Waals surface area (Å²) in [4.78, 5) is 9.07. The molecule has 6 nitrogen and oxygen atoms in total. The van der Waals surface area contributed by atoms with Crippen molar-refractivity contribution in [2.45, 2.75) is 45.1 Å². The molecule has 146 valence electrons. The van der Waals surface area contributed by atoms with Crippen LogP contribution in [0.1, 0.15) is 39.2 Å². The number of nitrogens with one attached hydrogen (secondary N) is 1. The summed E-state index contributed by atoms with van der Waals surface area (Å²) in [7, 11) is 2.15. The van der Waals surface area contributed by atoms with Crippen LogP contribution in [0.3, 0.4) is 0 Å². The van der Waals surface area contributed by atoms with Crippen molar-refractivity contribution in [3.63, 3.8) is 0 Å². The maximum Gasteiger partial charge on any atom is 0.201 e. The van der Waals surface area contributed by atoms with Gasteiger partial charge in [0.05, 0.1) is 17.3 Å². The second-order valence-electron chi connectivity index (χ2n) is 7.24. The third-order valence-corrected chi connectivity index (χ3v) is 5.72. The fourth-order valence-electron chi connectivity index (χ4n) is 3.94. The van der Waals surface area contributed by atoms with Crippen molar-refractivity contribution < 1.29 is 13.9 Å². The topological polar surface area (TPSA) is 49.9 Å². The number of piperazine rings is 1. The number of hydrogen-bond donors (Lipinski definition) is 1. The number of nitrogens with zero attached hydrogens (tertiary/aromatic N) is 3. The Balaban J connectivity index is 1.85. The normalized spacial score (nSPS) is 27.0. The number of aromatic nitrogens is 1. The molecule has 1 N–H and O–H groups in total. The maximum absolute atomic E-state index is 14.6. The summed E-state index contributed by atoms with van der Waals surface area (Å²) < 4.78 is 25.9. The fourth-order valence-corrected chi connectivity index (χ4v) is 3.94. The third-order valence-electron chi connectivity index (χ3n) is 5.72. The Bertz CT molecular complexity index is 611. The monoisotopic (exact) mass is 366 g/mol. The van der Waals surface area contributed by atoms with Crippen molar-refractivity contribution in [3.8, 4) is 0 Å². The van der Waals surface area contributed by atoms with Crippen molar-refractivity contribution in [2.24, 2.45) is 0 Å². The second kappa shape index (κ2) is 8.17. The summed E-state index contributed by atoms with van der Waals surface area (Å²) in [6, 6.07) is 3.36. The molecule has 2 aliphatic rings. The largest absolute Gasteiger partial charge is 0.349 e. The van der Waals surface area contributed by atoms with E-state index in [-0.39, 0.29) is 17.4 Å². The summed E-state index contributed by atoms with van der Waals surface area (Å²) in [5.41, 5.74) is 0.580. The first kappa shape index (κ1) is 19.5. The number of anilines is 1. The van der Waals surface area contributed by atoms with Gasteiger partial charge in [-0.2, -0.15) is 0 Å². The molecular weight excluding hydrogens is 335 g/mol. The lowest BCUT2D eigenvalue weighted by molar-refractivity contribution is -0.142. The minimum absolute atomic E-state index is 0.0418. The molecule has 3 heterocycles. The van der Waals surface area contributed by atoms with Crippen LogP contribution in [-0.4, -0.2) is 67.9 Å². The van der Waals surface area contributed by atoms with Gasteiger partial charge in [0.25, 0.3) is 0 Å². The highest BCUT2D eigenvalue weighted by Gasteiger charge is 2.47. The van der Waals surface area contributed by atoms with Gasteiger partial charge in [-0.3, -0.25) is 4.90 Å². The van der Waals surface area contributed by atoms with Gasteiger partial charge in [-0.1, -0.05) is 0 Å². The molecule has 1 aromatic heterocycles. The first-order valence-corrected chi connectivity index (χ1v) is 9.59. The standard InChI is InChI=1S/C19H31FN4O2/c1-5-25-18(26-6-2)15-8-7-14(20)17(22-15)24-11-9-16(24)19(3)13-21-10-12-23(19)4/h7-8,16,18,21H,5-6,9-13H2,1-4H3/t16?,19-/m1/s1. The Kier molecular flexibility index (Phi) is 6.12.